The molecular weight excluding hydrogens is 340 g/mol. The van der Waals surface area contributed by atoms with E-state index in [1.165, 1.54) is 0 Å². The molecule has 0 aromatic heterocycles. The van der Waals surface area contributed by atoms with Gasteiger partial charge in [0.2, 0.25) is 11.8 Å². The van der Waals surface area contributed by atoms with Crippen LogP contribution in [0.3, 0.4) is 0 Å². The molecular formula is C22H26N2O3. The third-order valence-corrected chi connectivity index (χ3v) is 4.67. The van der Waals surface area contributed by atoms with E-state index >= 15 is 0 Å². The highest BCUT2D eigenvalue weighted by atomic mass is 16.5. The van der Waals surface area contributed by atoms with Crippen molar-refractivity contribution in [3.8, 4) is 5.75 Å². The Kier molecular flexibility index (Phi) is 5.79. The van der Waals surface area contributed by atoms with Gasteiger partial charge in [-0.25, -0.2) is 0 Å². The minimum absolute atomic E-state index is 0.00784. The van der Waals surface area contributed by atoms with Crippen molar-refractivity contribution in [3.63, 3.8) is 0 Å². The van der Waals surface area contributed by atoms with Crippen LogP contribution in [-0.2, 0) is 22.6 Å². The average Bonchev–Trinajstić information content (AvgIpc) is 2.65. The number of hydrogen-bond donors (Lipinski definition) is 1. The van der Waals surface area contributed by atoms with Gasteiger partial charge in [-0.2, -0.15) is 0 Å². The van der Waals surface area contributed by atoms with Crippen molar-refractivity contribution in [2.75, 3.05) is 6.54 Å². The number of hydrogen-bond acceptors (Lipinski definition) is 3. The minimum Gasteiger partial charge on any atom is -0.491 e. The van der Waals surface area contributed by atoms with E-state index in [1.54, 1.807) is 4.90 Å². The highest BCUT2D eigenvalue weighted by molar-refractivity contribution is 5.92. The standard InChI is InChI=1S/C22H26N2O3/c1-4-24-20(25)13-17-7-5-6-8-19(17)21(24)22(26)23-14-16-9-11-18(12-10-16)27-15(2)3/h5-12,15,21H,4,13-14H2,1-3H3,(H,23,26). The monoisotopic (exact) mass is 366 g/mol. The Bertz CT molecular complexity index is 815. The lowest BCUT2D eigenvalue weighted by Gasteiger charge is -2.35. The predicted octanol–water partition coefficient (Wildman–Crippen LogP) is 3.24. The number of likely N-dealkylation sites (N-methyl/N-ethyl adjacent to an activating group) is 1. The Hall–Kier alpha value is -2.82. The highest BCUT2D eigenvalue weighted by Gasteiger charge is 2.35. The lowest BCUT2D eigenvalue weighted by molar-refractivity contribution is -0.141. The summed E-state index contributed by atoms with van der Waals surface area (Å²) in [5, 5.41) is 2.98. The molecule has 1 N–H and O–H groups in total. The molecule has 1 aliphatic heterocycles. The number of carbonyl (C=O) groups excluding carboxylic acids is 2. The molecule has 2 aromatic carbocycles. The molecule has 2 amide bonds. The van der Waals surface area contributed by atoms with Gasteiger partial charge in [-0.3, -0.25) is 9.59 Å². The van der Waals surface area contributed by atoms with E-state index in [0.717, 1.165) is 22.4 Å². The summed E-state index contributed by atoms with van der Waals surface area (Å²) in [7, 11) is 0. The van der Waals surface area contributed by atoms with Crippen molar-refractivity contribution in [1.29, 1.82) is 0 Å². The van der Waals surface area contributed by atoms with E-state index in [9.17, 15) is 9.59 Å². The first kappa shape index (κ1) is 19.0. The fourth-order valence-electron chi connectivity index (χ4n) is 3.42. The maximum Gasteiger partial charge on any atom is 0.247 e. The van der Waals surface area contributed by atoms with Crippen LogP contribution in [0.2, 0.25) is 0 Å². The van der Waals surface area contributed by atoms with Crippen molar-refractivity contribution in [3.05, 3.63) is 65.2 Å². The third kappa shape index (κ3) is 4.30. The van der Waals surface area contributed by atoms with E-state index in [2.05, 4.69) is 5.32 Å². The Balaban J connectivity index is 1.72. The van der Waals surface area contributed by atoms with Gasteiger partial charge in [0, 0.05) is 13.1 Å². The summed E-state index contributed by atoms with van der Waals surface area (Å²) in [6.07, 6.45) is 0.477. The molecule has 0 aliphatic carbocycles. The van der Waals surface area contributed by atoms with Crippen LogP contribution in [0, 0.1) is 0 Å². The van der Waals surface area contributed by atoms with E-state index in [0.29, 0.717) is 19.5 Å². The van der Waals surface area contributed by atoms with Crippen molar-refractivity contribution >= 4 is 11.8 Å². The third-order valence-electron chi connectivity index (χ3n) is 4.67. The largest absolute Gasteiger partial charge is 0.491 e. The molecule has 5 nitrogen and oxygen atoms in total. The second-order valence-electron chi connectivity index (χ2n) is 6.99. The van der Waals surface area contributed by atoms with Gasteiger partial charge < -0.3 is 15.0 Å². The Morgan fingerprint density at radius 3 is 2.56 bits per heavy atom. The Morgan fingerprint density at radius 1 is 1.19 bits per heavy atom. The number of ether oxygens (including phenoxy) is 1. The zero-order chi connectivity index (χ0) is 19.4. The van der Waals surface area contributed by atoms with Crippen LogP contribution in [0.1, 0.15) is 43.5 Å². The number of benzene rings is 2. The Morgan fingerprint density at radius 2 is 1.89 bits per heavy atom. The summed E-state index contributed by atoms with van der Waals surface area (Å²) < 4.78 is 5.64. The summed E-state index contributed by atoms with van der Waals surface area (Å²) in [6.45, 7) is 6.78. The quantitative estimate of drug-likeness (QED) is 0.854. The first-order chi connectivity index (χ1) is 13.0. The fourth-order valence-corrected chi connectivity index (χ4v) is 3.42. The lowest BCUT2D eigenvalue weighted by atomic mass is 9.91. The second-order valence-corrected chi connectivity index (χ2v) is 6.99. The number of amides is 2. The SMILES string of the molecule is CCN1C(=O)Cc2ccccc2C1C(=O)NCc1ccc(OC(C)C)cc1. The molecule has 1 unspecified atom stereocenters. The van der Waals surface area contributed by atoms with Crippen LogP contribution in [0.5, 0.6) is 5.75 Å². The molecule has 0 saturated carbocycles. The molecule has 2 aromatic rings. The van der Waals surface area contributed by atoms with Crippen LogP contribution >= 0.6 is 0 Å². The van der Waals surface area contributed by atoms with Crippen LogP contribution in [-0.4, -0.2) is 29.4 Å². The first-order valence-electron chi connectivity index (χ1n) is 9.40. The molecule has 0 spiro atoms. The van der Waals surface area contributed by atoms with Crippen molar-refractivity contribution < 1.29 is 14.3 Å². The summed E-state index contributed by atoms with van der Waals surface area (Å²) in [5.41, 5.74) is 2.83. The van der Waals surface area contributed by atoms with Gasteiger partial charge in [0.05, 0.1) is 12.5 Å². The molecule has 0 saturated heterocycles. The van der Waals surface area contributed by atoms with Gasteiger partial charge in [0.1, 0.15) is 11.8 Å². The lowest BCUT2D eigenvalue weighted by Crippen LogP contribution is -2.47. The summed E-state index contributed by atoms with van der Waals surface area (Å²) >= 11 is 0. The molecule has 1 atom stereocenters. The van der Waals surface area contributed by atoms with Gasteiger partial charge >= 0.3 is 0 Å². The van der Waals surface area contributed by atoms with Gasteiger partial charge in [0.25, 0.3) is 0 Å². The molecule has 27 heavy (non-hydrogen) atoms. The highest BCUT2D eigenvalue weighted by Crippen LogP contribution is 2.30. The summed E-state index contributed by atoms with van der Waals surface area (Å²) in [5.74, 6) is 0.649. The zero-order valence-electron chi connectivity index (χ0n) is 16.1. The number of carbonyl (C=O) groups is 2. The van der Waals surface area contributed by atoms with E-state index < -0.39 is 6.04 Å². The van der Waals surface area contributed by atoms with Crippen molar-refractivity contribution in [1.82, 2.24) is 10.2 Å². The smallest absolute Gasteiger partial charge is 0.247 e. The molecule has 0 radical (unpaired) electrons. The normalized spacial score (nSPS) is 16.2. The molecule has 0 bridgehead atoms. The minimum atomic E-state index is -0.573. The number of nitrogens with one attached hydrogen (secondary N) is 1. The van der Waals surface area contributed by atoms with E-state index in [-0.39, 0.29) is 17.9 Å². The summed E-state index contributed by atoms with van der Waals surface area (Å²) in [4.78, 5) is 27.0. The van der Waals surface area contributed by atoms with Gasteiger partial charge in [-0.1, -0.05) is 36.4 Å². The molecule has 142 valence electrons. The molecule has 5 heteroatoms. The van der Waals surface area contributed by atoms with Gasteiger partial charge in [-0.15, -0.1) is 0 Å². The van der Waals surface area contributed by atoms with E-state index in [4.69, 9.17) is 4.74 Å². The van der Waals surface area contributed by atoms with Crippen LogP contribution in [0.4, 0.5) is 0 Å². The van der Waals surface area contributed by atoms with E-state index in [1.807, 2.05) is 69.3 Å². The maximum absolute atomic E-state index is 12.9. The average molecular weight is 366 g/mol. The molecule has 1 heterocycles. The molecule has 0 fully saturated rings. The molecule has 3 rings (SSSR count). The van der Waals surface area contributed by atoms with Gasteiger partial charge in [-0.05, 0) is 49.6 Å². The Labute approximate surface area is 160 Å². The second kappa shape index (κ2) is 8.25. The maximum atomic E-state index is 12.9. The van der Waals surface area contributed by atoms with Crippen LogP contribution in [0.25, 0.3) is 0 Å². The van der Waals surface area contributed by atoms with Gasteiger partial charge in [0.15, 0.2) is 0 Å². The number of rotatable bonds is 6. The first-order valence-corrected chi connectivity index (χ1v) is 9.40. The number of fused-ring (bicyclic) bond motifs is 1. The van der Waals surface area contributed by atoms with Crippen LogP contribution in [0.15, 0.2) is 48.5 Å². The topological polar surface area (TPSA) is 58.6 Å². The zero-order valence-corrected chi connectivity index (χ0v) is 16.1. The van der Waals surface area contributed by atoms with Crippen molar-refractivity contribution in [2.24, 2.45) is 0 Å². The summed E-state index contributed by atoms with van der Waals surface area (Å²) in [6, 6.07) is 14.8. The van der Waals surface area contributed by atoms with Crippen molar-refractivity contribution in [2.45, 2.75) is 45.9 Å². The van der Waals surface area contributed by atoms with Crippen LogP contribution < -0.4 is 10.1 Å². The molecule has 1 aliphatic rings. The number of nitrogens with zero attached hydrogens (tertiary/aromatic N) is 1. The fraction of sp³-hybridized carbons (Fsp3) is 0.364. The predicted molar refractivity (Wildman–Crippen MR) is 104 cm³/mol.